The summed E-state index contributed by atoms with van der Waals surface area (Å²) in [6.07, 6.45) is 4.38. The first-order chi connectivity index (χ1) is 12.0. The van der Waals surface area contributed by atoms with Crippen molar-refractivity contribution in [2.75, 3.05) is 0 Å². The summed E-state index contributed by atoms with van der Waals surface area (Å²) in [5, 5.41) is 8.77. The molecule has 0 saturated carbocycles. The number of fused-ring (bicyclic) bond motifs is 3. The van der Waals surface area contributed by atoms with Gasteiger partial charge in [0.05, 0.1) is 10.7 Å². The molecule has 0 spiro atoms. The monoisotopic (exact) mass is 362 g/mol. The summed E-state index contributed by atoms with van der Waals surface area (Å²) in [4.78, 5) is 4.02. The Balaban J connectivity index is 1.86. The standard InChI is InChI=1S/C17H13ClF2N4O/c1-9-22-23-15-3-2-10-6-11(7-13(18)16(10)24(9)15)12-8-21-5-4-14(12)25-17(19)20/h4-8,17H,2-3H2,1H3. The van der Waals surface area contributed by atoms with E-state index in [1.54, 1.807) is 6.07 Å². The van der Waals surface area contributed by atoms with Gasteiger partial charge < -0.3 is 4.74 Å². The van der Waals surface area contributed by atoms with Crippen LogP contribution in [0.25, 0.3) is 16.8 Å². The molecule has 0 unspecified atom stereocenters. The number of hydrogen-bond acceptors (Lipinski definition) is 4. The maximum Gasteiger partial charge on any atom is 0.387 e. The summed E-state index contributed by atoms with van der Waals surface area (Å²) >= 11 is 6.53. The Kier molecular flexibility index (Phi) is 3.88. The third kappa shape index (κ3) is 2.74. The molecule has 4 rings (SSSR count). The number of aryl methyl sites for hydroxylation is 3. The van der Waals surface area contributed by atoms with E-state index in [4.69, 9.17) is 11.6 Å². The SMILES string of the molecule is Cc1nnc2n1-c1c(Cl)cc(-c3cnccc3OC(F)F)cc1CC2. The fourth-order valence-corrected chi connectivity index (χ4v) is 3.48. The molecule has 0 N–H and O–H groups in total. The minimum Gasteiger partial charge on any atom is -0.434 e. The average molecular weight is 363 g/mol. The molecule has 1 aromatic carbocycles. The van der Waals surface area contributed by atoms with Crippen molar-refractivity contribution in [3.05, 3.63) is 52.8 Å². The fourth-order valence-electron chi connectivity index (χ4n) is 3.16. The van der Waals surface area contributed by atoms with Gasteiger partial charge in [0, 0.05) is 24.4 Å². The van der Waals surface area contributed by atoms with Gasteiger partial charge in [0.25, 0.3) is 0 Å². The van der Waals surface area contributed by atoms with Gasteiger partial charge >= 0.3 is 6.61 Å². The lowest BCUT2D eigenvalue weighted by atomic mass is 9.97. The zero-order chi connectivity index (χ0) is 17.6. The van der Waals surface area contributed by atoms with Crippen molar-refractivity contribution in [1.29, 1.82) is 0 Å². The highest BCUT2D eigenvalue weighted by atomic mass is 35.5. The molecule has 0 fully saturated rings. The first kappa shape index (κ1) is 16.0. The molecular weight excluding hydrogens is 350 g/mol. The van der Waals surface area contributed by atoms with Crippen molar-refractivity contribution >= 4 is 11.6 Å². The van der Waals surface area contributed by atoms with E-state index in [0.29, 0.717) is 16.1 Å². The molecule has 25 heavy (non-hydrogen) atoms. The van der Waals surface area contributed by atoms with Crippen LogP contribution in [0.15, 0.2) is 30.6 Å². The van der Waals surface area contributed by atoms with Crippen molar-refractivity contribution in [2.45, 2.75) is 26.4 Å². The highest BCUT2D eigenvalue weighted by molar-refractivity contribution is 6.33. The van der Waals surface area contributed by atoms with Crippen molar-refractivity contribution < 1.29 is 13.5 Å². The summed E-state index contributed by atoms with van der Waals surface area (Å²) < 4.78 is 31.9. The van der Waals surface area contributed by atoms with Gasteiger partial charge in [-0.15, -0.1) is 10.2 Å². The zero-order valence-electron chi connectivity index (χ0n) is 13.2. The van der Waals surface area contributed by atoms with Crippen LogP contribution >= 0.6 is 11.6 Å². The Morgan fingerprint density at radius 3 is 2.88 bits per heavy atom. The number of ether oxygens (including phenoxy) is 1. The van der Waals surface area contributed by atoms with E-state index in [9.17, 15) is 8.78 Å². The number of hydrogen-bond donors (Lipinski definition) is 0. The van der Waals surface area contributed by atoms with Crippen LogP contribution in [-0.2, 0) is 12.8 Å². The normalized spacial score (nSPS) is 12.8. The number of pyridine rings is 1. The Labute approximate surface area is 147 Å². The molecule has 2 aromatic heterocycles. The fraction of sp³-hybridized carbons (Fsp3) is 0.235. The largest absolute Gasteiger partial charge is 0.434 e. The lowest BCUT2D eigenvalue weighted by molar-refractivity contribution is -0.0494. The lowest BCUT2D eigenvalue weighted by Gasteiger charge is -2.21. The molecule has 5 nitrogen and oxygen atoms in total. The highest BCUT2D eigenvalue weighted by Crippen LogP contribution is 2.38. The second kappa shape index (κ2) is 6.07. The predicted octanol–water partition coefficient (Wildman–Crippen LogP) is 3.99. The number of nitrogens with zero attached hydrogens (tertiary/aromatic N) is 4. The molecule has 1 aliphatic rings. The summed E-state index contributed by atoms with van der Waals surface area (Å²) in [6.45, 7) is -1.04. The molecule has 1 aliphatic heterocycles. The molecule has 3 aromatic rings. The van der Waals surface area contributed by atoms with Crippen LogP contribution < -0.4 is 4.74 Å². The molecule has 0 amide bonds. The maximum atomic E-state index is 12.7. The van der Waals surface area contributed by atoms with Gasteiger partial charge in [-0.3, -0.25) is 9.55 Å². The summed E-state index contributed by atoms with van der Waals surface area (Å²) in [6, 6.07) is 5.07. The van der Waals surface area contributed by atoms with Crippen LogP contribution in [0.5, 0.6) is 5.75 Å². The molecule has 0 atom stereocenters. The Morgan fingerprint density at radius 2 is 2.08 bits per heavy atom. The van der Waals surface area contributed by atoms with Crippen molar-refractivity contribution in [3.8, 4) is 22.6 Å². The molecular formula is C17H13ClF2N4O. The van der Waals surface area contributed by atoms with Gasteiger partial charge in [-0.2, -0.15) is 8.78 Å². The van der Waals surface area contributed by atoms with Gasteiger partial charge in [0.2, 0.25) is 0 Å². The number of rotatable bonds is 3. The van der Waals surface area contributed by atoms with E-state index in [0.717, 1.165) is 35.7 Å². The Morgan fingerprint density at radius 1 is 1.24 bits per heavy atom. The van der Waals surface area contributed by atoms with Crippen molar-refractivity contribution in [3.63, 3.8) is 0 Å². The van der Waals surface area contributed by atoms with Crippen LogP contribution in [0.4, 0.5) is 8.78 Å². The topological polar surface area (TPSA) is 52.8 Å². The molecule has 0 aliphatic carbocycles. The lowest BCUT2D eigenvalue weighted by Crippen LogP contribution is -2.14. The van der Waals surface area contributed by atoms with Crippen molar-refractivity contribution in [2.24, 2.45) is 0 Å². The van der Waals surface area contributed by atoms with Gasteiger partial charge in [-0.25, -0.2) is 0 Å². The molecule has 0 saturated heterocycles. The zero-order valence-corrected chi connectivity index (χ0v) is 14.0. The molecule has 0 radical (unpaired) electrons. The molecule has 128 valence electrons. The molecule has 0 bridgehead atoms. The van der Waals surface area contributed by atoms with Crippen molar-refractivity contribution in [1.82, 2.24) is 19.7 Å². The van der Waals surface area contributed by atoms with Crippen LogP contribution in [0.2, 0.25) is 5.02 Å². The van der Waals surface area contributed by atoms with Crippen LogP contribution in [0.1, 0.15) is 17.2 Å². The van der Waals surface area contributed by atoms with Gasteiger partial charge in [0.1, 0.15) is 17.4 Å². The number of aromatic nitrogens is 4. The summed E-state index contributed by atoms with van der Waals surface area (Å²) in [5.41, 5.74) is 3.00. The van der Waals surface area contributed by atoms with Gasteiger partial charge in [-0.05, 0) is 42.7 Å². The quantitative estimate of drug-likeness (QED) is 0.707. The van der Waals surface area contributed by atoms with E-state index in [-0.39, 0.29) is 5.75 Å². The minimum absolute atomic E-state index is 0.0676. The second-order valence-electron chi connectivity index (χ2n) is 5.71. The number of halogens is 3. The van der Waals surface area contributed by atoms with E-state index < -0.39 is 6.61 Å². The minimum atomic E-state index is -2.91. The number of alkyl halides is 2. The predicted molar refractivity (Wildman–Crippen MR) is 88.4 cm³/mol. The van der Waals surface area contributed by atoms with E-state index in [2.05, 4.69) is 19.9 Å². The van der Waals surface area contributed by atoms with E-state index >= 15 is 0 Å². The molecule has 8 heteroatoms. The van der Waals surface area contributed by atoms with E-state index in [1.165, 1.54) is 18.5 Å². The highest BCUT2D eigenvalue weighted by Gasteiger charge is 2.23. The first-order valence-electron chi connectivity index (χ1n) is 7.67. The summed E-state index contributed by atoms with van der Waals surface area (Å²) in [5.74, 6) is 1.69. The average Bonchev–Trinajstić information content (AvgIpc) is 2.96. The second-order valence-corrected chi connectivity index (χ2v) is 6.12. The van der Waals surface area contributed by atoms with Gasteiger partial charge in [-0.1, -0.05) is 11.6 Å². The Hall–Kier alpha value is -2.54. The first-order valence-corrected chi connectivity index (χ1v) is 8.05. The van der Waals surface area contributed by atoms with Crippen LogP contribution in [0.3, 0.4) is 0 Å². The smallest absolute Gasteiger partial charge is 0.387 e. The maximum absolute atomic E-state index is 12.7. The number of benzene rings is 1. The Bertz CT molecular complexity index is 958. The third-order valence-corrected chi connectivity index (χ3v) is 4.47. The third-order valence-electron chi connectivity index (χ3n) is 4.18. The van der Waals surface area contributed by atoms with Crippen LogP contribution in [0, 0.1) is 6.92 Å². The van der Waals surface area contributed by atoms with E-state index in [1.807, 2.05) is 17.6 Å². The summed E-state index contributed by atoms with van der Waals surface area (Å²) in [7, 11) is 0. The molecule has 3 heterocycles. The van der Waals surface area contributed by atoms with Gasteiger partial charge in [0.15, 0.2) is 0 Å². The van der Waals surface area contributed by atoms with Crippen LogP contribution in [-0.4, -0.2) is 26.4 Å².